The van der Waals surface area contributed by atoms with Crippen LogP contribution in [0, 0.1) is 5.82 Å². The maximum Gasteiger partial charge on any atom is 0.337 e. The zero-order valence-electron chi connectivity index (χ0n) is 12.8. The summed E-state index contributed by atoms with van der Waals surface area (Å²) < 4.78 is 20.5. The lowest BCUT2D eigenvalue weighted by molar-refractivity contribution is 0.0699. The van der Waals surface area contributed by atoms with E-state index in [1.54, 1.807) is 18.3 Å². The van der Waals surface area contributed by atoms with Gasteiger partial charge in [0.2, 0.25) is 0 Å². The van der Waals surface area contributed by atoms with E-state index in [1.165, 1.54) is 19.2 Å². The largest absolute Gasteiger partial charge is 0.496 e. The van der Waals surface area contributed by atoms with E-state index in [-0.39, 0.29) is 11.4 Å². The summed E-state index contributed by atoms with van der Waals surface area (Å²) in [5.74, 6) is -0.934. The molecule has 0 saturated carbocycles. The van der Waals surface area contributed by atoms with Crippen molar-refractivity contribution in [1.29, 1.82) is 0 Å². The van der Waals surface area contributed by atoms with E-state index in [9.17, 15) is 14.3 Å². The highest BCUT2D eigenvalue weighted by Crippen LogP contribution is 2.34. The topological polar surface area (TPSA) is 51.5 Å². The minimum atomic E-state index is -0.967. The molecule has 0 amide bonds. The third-order valence-corrected chi connectivity index (χ3v) is 3.93. The SMILES string of the molecule is CCn1cc(C(=O)O)c2cc(-c3ccc(F)cc3OC)ccc21. The fraction of sp³-hybridized carbons (Fsp3) is 0.167. The Labute approximate surface area is 132 Å². The van der Waals surface area contributed by atoms with Crippen molar-refractivity contribution < 1.29 is 19.0 Å². The molecular formula is C18H16FNO3. The fourth-order valence-corrected chi connectivity index (χ4v) is 2.80. The first-order chi connectivity index (χ1) is 11.0. The van der Waals surface area contributed by atoms with Crippen LogP contribution in [-0.4, -0.2) is 22.8 Å². The summed E-state index contributed by atoms with van der Waals surface area (Å²) in [6, 6.07) is 9.87. The Kier molecular flexibility index (Phi) is 3.78. The fourth-order valence-electron chi connectivity index (χ4n) is 2.80. The van der Waals surface area contributed by atoms with Crippen LogP contribution in [0.4, 0.5) is 4.39 Å². The number of hydrogen-bond donors (Lipinski definition) is 1. The molecule has 0 saturated heterocycles. The smallest absolute Gasteiger partial charge is 0.337 e. The van der Waals surface area contributed by atoms with Gasteiger partial charge in [0.05, 0.1) is 12.7 Å². The van der Waals surface area contributed by atoms with Gasteiger partial charge in [0.1, 0.15) is 11.6 Å². The van der Waals surface area contributed by atoms with Gasteiger partial charge < -0.3 is 14.4 Å². The van der Waals surface area contributed by atoms with Crippen molar-refractivity contribution >= 4 is 16.9 Å². The molecule has 1 N–H and O–H groups in total. The average molecular weight is 313 g/mol. The first-order valence-corrected chi connectivity index (χ1v) is 7.25. The summed E-state index contributed by atoms with van der Waals surface area (Å²) in [7, 11) is 1.48. The summed E-state index contributed by atoms with van der Waals surface area (Å²) in [5, 5.41) is 10.1. The van der Waals surface area contributed by atoms with Crippen LogP contribution in [0.25, 0.3) is 22.0 Å². The normalized spacial score (nSPS) is 10.9. The number of halogens is 1. The number of aryl methyl sites for hydroxylation is 1. The van der Waals surface area contributed by atoms with Gasteiger partial charge in [-0.1, -0.05) is 6.07 Å². The minimum absolute atomic E-state index is 0.254. The zero-order chi connectivity index (χ0) is 16.6. The highest BCUT2D eigenvalue weighted by atomic mass is 19.1. The lowest BCUT2D eigenvalue weighted by atomic mass is 10.0. The maximum absolute atomic E-state index is 13.4. The van der Waals surface area contributed by atoms with Gasteiger partial charge in [-0.15, -0.1) is 0 Å². The zero-order valence-corrected chi connectivity index (χ0v) is 12.8. The Morgan fingerprint density at radius 2 is 2.04 bits per heavy atom. The number of carbonyl (C=O) groups is 1. The van der Waals surface area contributed by atoms with Gasteiger partial charge in [-0.3, -0.25) is 0 Å². The molecular weight excluding hydrogens is 297 g/mol. The van der Waals surface area contributed by atoms with Crippen LogP contribution >= 0.6 is 0 Å². The standard InChI is InChI=1S/C18H16FNO3/c1-3-20-10-15(18(21)22)14-8-11(4-7-16(14)20)13-6-5-12(19)9-17(13)23-2/h4-10H,3H2,1-2H3,(H,21,22). The van der Waals surface area contributed by atoms with E-state index in [2.05, 4.69) is 0 Å². The lowest BCUT2D eigenvalue weighted by Crippen LogP contribution is -1.95. The summed E-state index contributed by atoms with van der Waals surface area (Å²) in [4.78, 5) is 11.5. The Balaban J connectivity index is 2.24. The number of rotatable bonds is 4. The molecule has 1 aromatic heterocycles. The van der Waals surface area contributed by atoms with Gasteiger partial charge in [0.25, 0.3) is 0 Å². The number of nitrogens with zero attached hydrogens (tertiary/aromatic N) is 1. The summed E-state index contributed by atoms with van der Waals surface area (Å²) in [6.07, 6.45) is 1.64. The van der Waals surface area contributed by atoms with E-state index in [4.69, 9.17) is 4.74 Å². The minimum Gasteiger partial charge on any atom is -0.496 e. The van der Waals surface area contributed by atoms with Gasteiger partial charge in [0.15, 0.2) is 0 Å². The number of hydrogen-bond acceptors (Lipinski definition) is 2. The van der Waals surface area contributed by atoms with E-state index < -0.39 is 5.97 Å². The average Bonchev–Trinajstić information content (AvgIpc) is 2.92. The molecule has 118 valence electrons. The second-order valence-electron chi connectivity index (χ2n) is 5.21. The molecule has 0 unspecified atom stereocenters. The van der Waals surface area contributed by atoms with Crippen molar-refractivity contribution in [3.8, 4) is 16.9 Å². The molecule has 0 aliphatic heterocycles. The van der Waals surface area contributed by atoms with Crippen molar-refractivity contribution in [2.75, 3.05) is 7.11 Å². The van der Waals surface area contributed by atoms with E-state index >= 15 is 0 Å². The molecule has 3 aromatic rings. The van der Waals surface area contributed by atoms with Gasteiger partial charge in [-0.05, 0) is 36.8 Å². The van der Waals surface area contributed by atoms with Crippen molar-refractivity contribution in [2.45, 2.75) is 13.5 Å². The molecule has 23 heavy (non-hydrogen) atoms. The molecule has 0 aliphatic carbocycles. The molecule has 0 bridgehead atoms. The molecule has 0 fully saturated rings. The summed E-state index contributed by atoms with van der Waals surface area (Å²) >= 11 is 0. The molecule has 1 heterocycles. The third-order valence-electron chi connectivity index (χ3n) is 3.93. The number of methoxy groups -OCH3 is 1. The molecule has 0 atom stereocenters. The quantitative estimate of drug-likeness (QED) is 0.786. The van der Waals surface area contributed by atoms with Crippen LogP contribution in [0.15, 0.2) is 42.6 Å². The van der Waals surface area contributed by atoms with Crippen LogP contribution < -0.4 is 4.74 Å². The van der Waals surface area contributed by atoms with Crippen molar-refractivity contribution in [1.82, 2.24) is 4.57 Å². The van der Waals surface area contributed by atoms with Crippen molar-refractivity contribution in [2.24, 2.45) is 0 Å². The van der Waals surface area contributed by atoms with Crippen molar-refractivity contribution in [3.05, 3.63) is 54.0 Å². The monoisotopic (exact) mass is 313 g/mol. The number of benzene rings is 2. The molecule has 0 aliphatic rings. The lowest BCUT2D eigenvalue weighted by Gasteiger charge is -2.09. The summed E-state index contributed by atoms with van der Waals surface area (Å²) in [6.45, 7) is 2.64. The van der Waals surface area contributed by atoms with Crippen LogP contribution in [-0.2, 0) is 6.54 Å². The van der Waals surface area contributed by atoms with Crippen LogP contribution in [0.3, 0.4) is 0 Å². The number of fused-ring (bicyclic) bond motifs is 1. The number of carboxylic acid groups (broad SMARTS) is 1. The second kappa shape index (κ2) is 5.76. The Morgan fingerprint density at radius 3 is 2.70 bits per heavy atom. The molecule has 0 spiro atoms. The third kappa shape index (κ3) is 2.54. The van der Waals surface area contributed by atoms with E-state index in [0.29, 0.717) is 17.7 Å². The van der Waals surface area contributed by atoms with Gasteiger partial charge in [-0.2, -0.15) is 0 Å². The van der Waals surface area contributed by atoms with Gasteiger partial charge in [0, 0.05) is 35.3 Å². The Morgan fingerprint density at radius 1 is 1.26 bits per heavy atom. The highest BCUT2D eigenvalue weighted by molar-refractivity contribution is 6.04. The molecule has 4 nitrogen and oxygen atoms in total. The maximum atomic E-state index is 13.4. The molecule has 2 aromatic carbocycles. The number of aromatic carboxylic acids is 1. The van der Waals surface area contributed by atoms with E-state index in [1.807, 2.05) is 23.6 Å². The Bertz CT molecular complexity index is 899. The number of aromatic nitrogens is 1. The molecule has 3 rings (SSSR count). The number of carboxylic acids is 1. The predicted molar refractivity (Wildman–Crippen MR) is 86.5 cm³/mol. The van der Waals surface area contributed by atoms with E-state index in [0.717, 1.165) is 16.6 Å². The van der Waals surface area contributed by atoms with Crippen LogP contribution in [0.1, 0.15) is 17.3 Å². The molecule has 5 heteroatoms. The van der Waals surface area contributed by atoms with Crippen LogP contribution in [0.2, 0.25) is 0 Å². The second-order valence-corrected chi connectivity index (χ2v) is 5.21. The van der Waals surface area contributed by atoms with Crippen LogP contribution in [0.5, 0.6) is 5.75 Å². The summed E-state index contributed by atoms with van der Waals surface area (Å²) in [5.41, 5.74) is 2.61. The van der Waals surface area contributed by atoms with Gasteiger partial charge >= 0.3 is 5.97 Å². The molecule has 0 radical (unpaired) electrons. The van der Waals surface area contributed by atoms with Crippen molar-refractivity contribution in [3.63, 3.8) is 0 Å². The predicted octanol–water partition coefficient (Wildman–Crippen LogP) is 4.17. The first kappa shape index (κ1) is 15.1. The Hall–Kier alpha value is -2.82. The first-order valence-electron chi connectivity index (χ1n) is 7.25. The highest BCUT2D eigenvalue weighted by Gasteiger charge is 2.15. The number of ether oxygens (including phenoxy) is 1. The van der Waals surface area contributed by atoms with Gasteiger partial charge in [-0.25, -0.2) is 9.18 Å².